The maximum absolute atomic E-state index is 15.1. The Morgan fingerprint density at radius 3 is 1.00 bits per heavy atom. The Morgan fingerprint density at radius 1 is 0.310 bits per heavy atom. The van der Waals surface area contributed by atoms with E-state index in [1.165, 1.54) is 0 Å². The molecule has 5 saturated heterocycles. The zero-order valence-corrected chi connectivity index (χ0v) is 64.9. The standard InChI is InChI=1S/C95H98O21/c1-63-77(111-89(96)72-48-28-11-29-49-72)83(87(104-59-70-44-24-9-25-45-70)93(107-63)114-79-75(61-99-54-65-34-14-4-15-35-65)109-92(98-3)85(102-57-68-40-20-7-21-41-68)81(79)100-55-66-36-16-5-17-37-66)115-94-88(105-60-71-46-26-10-27-47-71)84(78(64(2)108-94)112-90(97)73-50-30-12-31-51-73)116-95-86(103-58-69-42-22-8-23-43-69)82(101-56-67-38-18-6-19-39-67)80-76(110-95)62-106-91(113-80)74-52-32-13-33-53-74/h4-53,63-64,75-88,91-95H,54-62H2,1-3H3/t63-,64-,75-,76-,77-,78-,79-,80+,81+,82+,83+,84+,85-,86-,87+,88+,91+,92-,93+,94-,95-/m1/s1. The Balaban J connectivity index is 0.852. The van der Waals surface area contributed by atoms with Crippen molar-refractivity contribution in [3.8, 4) is 0 Å². The van der Waals surface area contributed by atoms with Gasteiger partial charge in [0, 0.05) is 12.7 Å². The summed E-state index contributed by atoms with van der Waals surface area (Å²) in [5.74, 6) is -1.37. The van der Waals surface area contributed by atoms with Crippen molar-refractivity contribution in [2.24, 2.45) is 0 Å². The zero-order valence-electron chi connectivity index (χ0n) is 64.9. The molecule has 0 aromatic heterocycles. The number of benzene rings is 10. The molecular formula is C95H98O21. The molecule has 0 aliphatic carbocycles. The predicted molar refractivity (Wildman–Crippen MR) is 425 cm³/mol. The highest BCUT2D eigenvalue weighted by Gasteiger charge is 2.60. The summed E-state index contributed by atoms with van der Waals surface area (Å²) >= 11 is 0. The maximum atomic E-state index is 15.1. The van der Waals surface area contributed by atoms with Gasteiger partial charge in [0.15, 0.2) is 43.7 Å². The molecule has 604 valence electrons. The second-order valence-electron chi connectivity index (χ2n) is 29.3. The molecule has 10 aromatic rings. The summed E-state index contributed by atoms with van der Waals surface area (Å²) in [6.07, 6.45) is -24.2. The fourth-order valence-electron chi connectivity index (χ4n) is 15.1. The van der Waals surface area contributed by atoms with Gasteiger partial charge in [0.1, 0.15) is 73.2 Å². The smallest absolute Gasteiger partial charge is 0.338 e. The third-order valence-electron chi connectivity index (χ3n) is 21.1. The van der Waals surface area contributed by atoms with E-state index in [0.717, 1.165) is 44.5 Å². The van der Waals surface area contributed by atoms with Crippen LogP contribution >= 0.6 is 0 Å². The van der Waals surface area contributed by atoms with Crippen LogP contribution in [0.4, 0.5) is 0 Å². The number of hydrogen-bond acceptors (Lipinski definition) is 21. The quantitative estimate of drug-likeness (QED) is 0.0343. The number of carbonyl (C=O) groups excluding carboxylic acids is 2. The number of esters is 2. The third kappa shape index (κ3) is 21.2. The molecule has 21 nitrogen and oxygen atoms in total. The Bertz CT molecular complexity index is 4540. The van der Waals surface area contributed by atoms with Gasteiger partial charge in [0.25, 0.3) is 0 Å². The molecule has 5 fully saturated rings. The summed E-state index contributed by atoms with van der Waals surface area (Å²) in [4.78, 5) is 30.1. The summed E-state index contributed by atoms with van der Waals surface area (Å²) < 4.78 is 135. The van der Waals surface area contributed by atoms with Gasteiger partial charge in [-0.15, -0.1) is 0 Å². The van der Waals surface area contributed by atoms with Crippen molar-refractivity contribution >= 4 is 11.9 Å². The predicted octanol–water partition coefficient (Wildman–Crippen LogP) is 15.0. The maximum Gasteiger partial charge on any atom is 0.338 e. The number of carbonyl (C=O) groups is 2. The van der Waals surface area contributed by atoms with Gasteiger partial charge in [-0.1, -0.05) is 279 Å². The van der Waals surface area contributed by atoms with Crippen LogP contribution in [0.3, 0.4) is 0 Å². The highest BCUT2D eigenvalue weighted by Crippen LogP contribution is 2.43. The molecule has 5 heterocycles. The number of methoxy groups -OCH3 is 1. The molecule has 116 heavy (non-hydrogen) atoms. The molecule has 0 bridgehead atoms. The Morgan fingerprint density at radius 2 is 0.621 bits per heavy atom. The second kappa shape index (κ2) is 41.0. The third-order valence-corrected chi connectivity index (χ3v) is 21.1. The normalized spacial score (nSPS) is 28.5. The Labute approximate surface area is 676 Å². The van der Waals surface area contributed by atoms with Crippen molar-refractivity contribution in [3.63, 3.8) is 0 Å². The molecule has 21 atom stereocenters. The van der Waals surface area contributed by atoms with Crippen LogP contribution in [0.1, 0.15) is 85.4 Å². The summed E-state index contributed by atoms with van der Waals surface area (Å²) in [6.45, 7) is 4.13. The minimum atomic E-state index is -1.54. The Hall–Kier alpha value is -9.54. The molecular weight excluding hydrogens is 1480 g/mol. The van der Waals surface area contributed by atoms with Gasteiger partial charge in [-0.3, -0.25) is 0 Å². The van der Waals surface area contributed by atoms with Crippen LogP contribution in [0.5, 0.6) is 0 Å². The molecule has 21 heteroatoms. The van der Waals surface area contributed by atoms with E-state index < -0.39 is 141 Å². The van der Waals surface area contributed by atoms with Crippen LogP contribution in [-0.4, -0.2) is 155 Å². The van der Waals surface area contributed by atoms with Crippen LogP contribution in [-0.2, 0) is 136 Å². The first-order chi connectivity index (χ1) is 57.1. The van der Waals surface area contributed by atoms with E-state index in [4.69, 9.17) is 90.0 Å². The number of fused-ring (bicyclic) bond motifs is 1. The van der Waals surface area contributed by atoms with Gasteiger partial charge in [-0.2, -0.15) is 0 Å². The lowest BCUT2D eigenvalue weighted by molar-refractivity contribution is -0.405. The van der Waals surface area contributed by atoms with Crippen molar-refractivity contribution in [1.82, 2.24) is 0 Å². The van der Waals surface area contributed by atoms with Gasteiger partial charge in [-0.25, -0.2) is 9.59 Å². The van der Waals surface area contributed by atoms with Crippen LogP contribution in [0.15, 0.2) is 303 Å². The first-order valence-electron chi connectivity index (χ1n) is 39.6. The monoisotopic (exact) mass is 1570 g/mol. The van der Waals surface area contributed by atoms with E-state index in [1.807, 2.05) is 255 Å². The first kappa shape index (κ1) is 81.6. The average Bonchev–Trinajstić information content (AvgIpc) is 0.762. The molecule has 0 N–H and O–H groups in total. The minimum absolute atomic E-state index is 0.0326. The molecule has 0 spiro atoms. The van der Waals surface area contributed by atoms with E-state index in [1.54, 1.807) is 69.5 Å². The van der Waals surface area contributed by atoms with Crippen molar-refractivity contribution in [2.45, 2.75) is 189 Å². The summed E-state index contributed by atoms with van der Waals surface area (Å²) in [7, 11) is 1.56. The molecule has 10 aromatic carbocycles. The van der Waals surface area contributed by atoms with E-state index >= 15 is 9.59 Å². The van der Waals surface area contributed by atoms with Crippen LogP contribution in [0.25, 0.3) is 0 Å². The van der Waals surface area contributed by atoms with Gasteiger partial charge >= 0.3 is 11.9 Å². The lowest BCUT2D eigenvalue weighted by Crippen LogP contribution is -2.68. The largest absolute Gasteiger partial charge is 0.453 e. The second-order valence-corrected chi connectivity index (χ2v) is 29.3. The highest BCUT2D eigenvalue weighted by molar-refractivity contribution is 5.90. The number of ether oxygens (including phenoxy) is 19. The van der Waals surface area contributed by atoms with Crippen LogP contribution < -0.4 is 0 Å². The lowest BCUT2D eigenvalue weighted by atomic mass is 9.94. The van der Waals surface area contributed by atoms with E-state index in [9.17, 15) is 0 Å². The van der Waals surface area contributed by atoms with Gasteiger partial charge in [-0.05, 0) is 77.1 Å². The molecule has 5 aliphatic rings. The summed E-state index contributed by atoms with van der Waals surface area (Å²) in [6, 6.07) is 95.2. The topological polar surface area (TPSA) is 210 Å². The number of hydrogen-bond donors (Lipinski definition) is 0. The molecule has 0 amide bonds. The van der Waals surface area contributed by atoms with Gasteiger partial charge < -0.3 is 90.0 Å². The highest BCUT2D eigenvalue weighted by atomic mass is 16.8. The van der Waals surface area contributed by atoms with Crippen LogP contribution in [0, 0.1) is 0 Å². The van der Waals surface area contributed by atoms with Gasteiger partial charge in [0.05, 0.1) is 82.8 Å². The van der Waals surface area contributed by atoms with Gasteiger partial charge in [0.2, 0.25) is 0 Å². The summed E-state index contributed by atoms with van der Waals surface area (Å²) in [5, 5.41) is 0. The fourth-order valence-corrected chi connectivity index (χ4v) is 15.1. The van der Waals surface area contributed by atoms with Crippen molar-refractivity contribution < 1.29 is 99.6 Å². The van der Waals surface area contributed by atoms with E-state index in [-0.39, 0.29) is 70.6 Å². The molecule has 0 saturated carbocycles. The average molecular weight is 1580 g/mol. The molecule has 5 aliphatic heterocycles. The first-order valence-corrected chi connectivity index (χ1v) is 39.6. The lowest BCUT2D eigenvalue weighted by Gasteiger charge is -2.52. The fraction of sp³-hybridized carbons (Fsp3) is 0.347. The van der Waals surface area contributed by atoms with Crippen LogP contribution in [0.2, 0.25) is 0 Å². The van der Waals surface area contributed by atoms with E-state index in [2.05, 4.69) is 0 Å². The number of rotatable bonds is 34. The van der Waals surface area contributed by atoms with Crippen molar-refractivity contribution in [2.75, 3.05) is 20.3 Å². The minimum Gasteiger partial charge on any atom is -0.453 e. The van der Waals surface area contributed by atoms with Crippen molar-refractivity contribution in [3.05, 3.63) is 359 Å². The SMILES string of the molecule is CO[C@@H]1O[C@H](COCc2ccccc2)[C@@H](O[C@@H]2O[C@H](C)[C@@H](OC(=O)c3ccccc3)[C@H](O[C@H]3O[C@H](C)[C@@H](OC(=O)c4ccccc4)[C@H](O[C@H]4O[C@@H]5CO[C@H](c6ccccc6)O[C@@H]5[C@H](OCc5ccccc5)[C@H]4OCc4ccccc4)[C@@H]3OCc3ccccc3)[C@@H]2OCc2ccccc2)[C@H](OCc2ccccc2)[C@H]1OCc1ccccc1. The zero-order chi connectivity index (χ0) is 79.2. The van der Waals surface area contributed by atoms with Crippen molar-refractivity contribution in [1.29, 1.82) is 0 Å². The molecule has 0 radical (unpaired) electrons. The van der Waals surface area contributed by atoms with E-state index in [0.29, 0.717) is 0 Å². The summed E-state index contributed by atoms with van der Waals surface area (Å²) in [5.41, 5.74) is 7.27. The molecule has 0 unspecified atom stereocenters. The molecule has 15 rings (SSSR count). The Kier molecular flexibility index (Phi) is 28.9.